The van der Waals surface area contributed by atoms with Gasteiger partial charge in [0.2, 0.25) is 5.82 Å². The number of nitrogens with zero attached hydrogens (tertiary/aromatic N) is 2. The lowest BCUT2D eigenvalue weighted by Gasteiger charge is -2.05. The molecular weight excluding hydrogens is 251 g/mol. The largest absolute Gasteiger partial charge is 0.360 e. The Bertz CT molecular complexity index is 514. The van der Waals surface area contributed by atoms with E-state index in [9.17, 15) is 14.5 Å². The lowest BCUT2D eigenvalue weighted by molar-refractivity contribution is -0.387. The molecule has 7 heteroatoms. The number of rotatable bonds is 6. The number of benzene rings is 1. The second-order valence-electron chi connectivity index (χ2n) is 4.41. The molecule has 1 aromatic carbocycles. The second-order valence-corrected chi connectivity index (χ2v) is 4.41. The zero-order valence-corrected chi connectivity index (χ0v) is 10.7. The monoisotopic (exact) mass is 266 g/mol. The third-order valence-corrected chi connectivity index (χ3v) is 2.31. The van der Waals surface area contributed by atoms with Crippen molar-refractivity contribution in [3.63, 3.8) is 0 Å². The predicted molar refractivity (Wildman–Crippen MR) is 69.4 cm³/mol. The van der Waals surface area contributed by atoms with E-state index in [1.54, 1.807) is 0 Å². The number of allylic oxidation sites excluding steroid dienone is 1. The minimum Gasteiger partial charge on any atom is -0.360 e. The van der Waals surface area contributed by atoms with Crippen LogP contribution in [0, 0.1) is 27.4 Å². The van der Waals surface area contributed by atoms with Crippen molar-refractivity contribution in [2.45, 2.75) is 20.3 Å². The molecule has 1 rings (SSSR count). The number of hydrogen-bond donors (Lipinski definition) is 2. The van der Waals surface area contributed by atoms with E-state index < -0.39 is 16.4 Å². The van der Waals surface area contributed by atoms with E-state index >= 15 is 0 Å². The number of nitrogens with one attached hydrogen (secondary N) is 2. The van der Waals surface area contributed by atoms with Gasteiger partial charge >= 0.3 is 5.69 Å². The third kappa shape index (κ3) is 4.46. The van der Waals surface area contributed by atoms with E-state index in [-0.39, 0.29) is 0 Å². The zero-order valence-electron chi connectivity index (χ0n) is 10.7. The molecule has 6 nitrogen and oxygen atoms in total. The Morgan fingerprint density at radius 2 is 2.32 bits per heavy atom. The van der Waals surface area contributed by atoms with E-state index in [1.165, 1.54) is 12.3 Å². The summed E-state index contributed by atoms with van der Waals surface area (Å²) < 4.78 is 13.1. The van der Waals surface area contributed by atoms with Gasteiger partial charge in [0.05, 0.1) is 10.6 Å². The van der Waals surface area contributed by atoms with Gasteiger partial charge in [-0.05, 0) is 24.5 Å². The highest BCUT2D eigenvalue weighted by Gasteiger charge is 2.13. The van der Waals surface area contributed by atoms with Crippen LogP contribution in [0.25, 0.3) is 0 Å². The Kier molecular flexibility index (Phi) is 5.11. The summed E-state index contributed by atoms with van der Waals surface area (Å²) in [6.07, 6.45) is 2.10. The van der Waals surface area contributed by atoms with Crippen LogP contribution < -0.4 is 5.32 Å². The summed E-state index contributed by atoms with van der Waals surface area (Å²) in [6.45, 7) is 3.98. The number of nitro benzene ring substituents is 1. The Morgan fingerprint density at radius 1 is 1.63 bits per heavy atom. The van der Waals surface area contributed by atoms with Crippen LogP contribution in [0.3, 0.4) is 0 Å². The van der Waals surface area contributed by atoms with Gasteiger partial charge in [-0.15, -0.1) is 0 Å². The molecule has 0 unspecified atom stereocenters. The van der Waals surface area contributed by atoms with Crippen molar-refractivity contribution >= 4 is 11.4 Å². The van der Waals surface area contributed by atoms with Crippen molar-refractivity contribution < 1.29 is 9.31 Å². The molecule has 0 aromatic heterocycles. The van der Waals surface area contributed by atoms with Gasteiger partial charge in [-0.3, -0.25) is 10.1 Å². The molecule has 0 spiro atoms. The van der Waals surface area contributed by atoms with Gasteiger partial charge in [0.15, 0.2) is 0 Å². The molecule has 0 fully saturated rings. The molecule has 1 aromatic rings. The molecule has 0 atom stereocenters. The van der Waals surface area contributed by atoms with Crippen LogP contribution in [0.1, 0.15) is 20.3 Å². The molecule has 0 bridgehead atoms. The minimum atomic E-state index is -0.882. The summed E-state index contributed by atoms with van der Waals surface area (Å²) in [5.41, 5.74) is 7.31. The fourth-order valence-electron chi connectivity index (χ4n) is 1.46. The van der Waals surface area contributed by atoms with Crippen LogP contribution in [0.15, 0.2) is 35.2 Å². The first-order valence-corrected chi connectivity index (χ1v) is 5.71. The SMILES string of the molecule is CC(C)C/C(=C/Nc1ccc(F)c([N+](=O)[O-])c1)N=N. The van der Waals surface area contributed by atoms with Crippen molar-refractivity contribution in [1.82, 2.24) is 0 Å². The molecule has 0 aliphatic rings. The van der Waals surface area contributed by atoms with Crippen molar-refractivity contribution in [3.8, 4) is 0 Å². The number of nitro groups is 1. The third-order valence-electron chi connectivity index (χ3n) is 2.31. The smallest absolute Gasteiger partial charge is 0.306 e. The molecule has 2 N–H and O–H groups in total. The van der Waals surface area contributed by atoms with E-state index in [1.807, 2.05) is 13.8 Å². The maximum atomic E-state index is 13.1. The van der Waals surface area contributed by atoms with E-state index in [0.717, 1.165) is 12.1 Å². The second kappa shape index (κ2) is 6.58. The summed E-state index contributed by atoms with van der Waals surface area (Å²) in [6, 6.07) is 3.51. The Balaban J connectivity index is 2.88. The first-order valence-electron chi connectivity index (χ1n) is 5.71. The topological polar surface area (TPSA) is 91.4 Å². The fourth-order valence-corrected chi connectivity index (χ4v) is 1.46. The molecular formula is C12H15FN4O2. The fraction of sp³-hybridized carbons (Fsp3) is 0.333. The van der Waals surface area contributed by atoms with Gasteiger partial charge in [0.25, 0.3) is 0 Å². The maximum absolute atomic E-state index is 13.1. The van der Waals surface area contributed by atoms with Gasteiger partial charge in [-0.25, -0.2) is 5.53 Å². The van der Waals surface area contributed by atoms with Gasteiger partial charge < -0.3 is 5.32 Å². The van der Waals surface area contributed by atoms with Crippen molar-refractivity contribution in [3.05, 3.63) is 46.0 Å². The highest BCUT2D eigenvalue weighted by atomic mass is 19.1. The number of halogens is 1. The van der Waals surface area contributed by atoms with Crippen LogP contribution in [-0.2, 0) is 0 Å². The lowest BCUT2D eigenvalue weighted by atomic mass is 10.1. The molecule has 0 radical (unpaired) electrons. The Labute approximate surface area is 110 Å². The molecule has 0 aliphatic heterocycles. The van der Waals surface area contributed by atoms with Crippen molar-refractivity contribution in [1.29, 1.82) is 5.53 Å². The van der Waals surface area contributed by atoms with E-state index in [4.69, 9.17) is 5.53 Å². The number of anilines is 1. The molecule has 0 heterocycles. The summed E-state index contributed by atoms with van der Waals surface area (Å²) in [5, 5.41) is 16.7. The van der Waals surface area contributed by atoms with Crippen LogP contribution in [0.2, 0.25) is 0 Å². The van der Waals surface area contributed by atoms with Gasteiger partial charge in [0, 0.05) is 18.0 Å². The first-order chi connectivity index (χ1) is 8.93. The molecule has 0 saturated heterocycles. The maximum Gasteiger partial charge on any atom is 0.306 e. The highest BCUT2D eigenvalue weighted by molar-refractivity contribution is 5.53. The van der Waals surface area contributed by atoms with Crippen LogP contribution in [0.5, 0.6) is 0 Å². The Hall–Kier alpha value is -2.31. The molecule has 0 aliphatic carbocycles. The average Bonchev–Trinajstić information content (AvgIpc) is 2.35. The summed E-state index contributed by atoms with van der Waals surface area (Å²) in [5.74, 6) is -0.545. The lowest BCUT2D eigenvalue weighted by Crippen LogP contribution is -1.97. The average molecular weight is 266 g/mol. The van der Waals surface area contributed by atoms with Crippen LogP contribution in [0.4, 0.5) is 15.8 Å². The van der Waals surface area contributed by atoms with Crippen LogP contribution >= 0.6 is 0 Å². The Morgan fingerprint density at radius 3 is 2.84 bits per heavy atom. The van der Waals surface area contributed by atoms with Gasteiger partial charge in [-0.1, -0.05) is 13.8 Å². The first kappa shape index (κ1) is 14.7. The minimum absolute atomic E-state index is 0.338. The van der Waals surface area contributed by atoms with Crippen molar-refractivity contribution in [2.24, 2.45) is 11.0 Å². The molecule has 0 saturated carbocycles. The van der Waals surface area contributed by atoms with E-state index in [0.29, 0.717) is 23.7 Å². The molecule has 0 amide bonds. The van der Waals surface area contributed by atoms with E-state index in [2.05, 4.69) is 10.4 Å². The number of hydrogen-bond acceptors (Lipinski definition) is 5. The van der Waals surface area contributed by atoms with Crippen molar-refractivity contribution in [2.75, 3.05) is 5.32 Å². The summed E-state index contributed by atoms with van der Waals surface area (Å²) in [4.78, 5) is 9.80. The highest BCUT2D eigenvalue weighted by Crippen LogP contribution is 2.22. The normalized spacial score (nSPS) is 11.5. The summed E-state index contributed by atoms with van der Waals surface area (Å²) in [7, 11) is 0. The zero-order chi connectivity index (χ0) is 14.4. The standard InChI is InChI=1S/C12H15FN4O2/c1-8(2)5-10(16-14)7-15-9-3-4-11(13)12(6-9)17(18)19/h3-4,6-8,14-15H,5H2,1-2H3/b10-7-,16-14?. The molecule has 19 heavy (non-hydrogen) atoms. The van der Waals surface area contributed by atoms with Gasteiger partial charge in [0.1, 0.15) is 0 Å². The quantitative estimate of drug-likeness (QED) is 0.462. The molecule has 102 valence electrons. The van der Waals surface area contributed by atoms with Gasteiger partial charge in [-0.2, -0.15) is 9.50 Å². The predicted octanol–water partition coefficient (Wildman–Crippen LogP) is 4.06. The van der Waals surface area contributed by atoms with Crippen LogP contribution in [-0.4, -0.2) is 4.92 Å². The summed E-state index contributed by atoms with van der Waals surface area (Å²) >= 11 is 0.